The smallest absolute Gasteiger partial charge is 0.342 e. The molecular weight excluding hydrogens is 392 g/mol. The fourth-order valence-electron chi connectivity index (χ4n) is 1.52. The lowest BCUT2D eigenvalue weighted by Gasteiger charge is -2.14. The van der Waals surface area contributed by atoms with Gasteiger partial charge in [0.05, 0.1) is 18.0 Å². The number of imide groups is 1. The van der Waals surface area contributed by atoms with Gasteiger partial charge in [0, 0.05) is 6.07 Å². The Bertz CT molecular complexity index is 646. The minimum atomic E-state index is -2.31. The Balaban J connectivity index is 3.05. The monoisotopic (exact) mass is 401 g/mol. The molecule has 1 heterocycles. The minimum Gasteiger partial charge on any atom is -0.462 e. The van der Waals surface area contributed by atoms with Gasteiger partial charge in [0.15, 0.2) is 0 Å². The number of nitrogens with one attached hydrogen (secondary N) is 2. The summed E-state index contributed by atoms with van der Waals surface area (Å²) in [6, 6.07) is 0.203. The van der Waals surface area contributed by atoms with Crippen molar-refractivity contribution in [3.05, 3.63) is 22.5 Å². The predicted molar refractivity (Wildman–Crippen MR) is 87.4 cm³/mol. The van der Waals surface area contributed by atoms with Crippen LogP contribution in [-0.2, 0) is 9.53 Å². The molecule has 0 saturated carbocycles. The average molecular weight is 403 g/mol. The molecular formula is C12H11Cl4N3O4. The van der Waals surface area contributed by atoms with Crippen LogP contribution in [0, 0.1) is 6.92 Å². The Morgan fingerprint density at radius 3 is 2.43 bits per heavy atom. The van der Waals surface area contributed by atoms with Crippen molar-refractivity contribution in [2.24, 2.45) is 0 Å². The quantitative estimate of drug-likeness (QED) is 0.459. The highest BCUT2D eigenvalue weighted by Crippen LogP contribution is 2.26. The molecule has 7 nitrogen and oxygen atoms in total. The zero-order valence-electron chi connectivity index (χ0n) is 11.9. The van der Waals surface area contributed by atoms with Gasteiger partial charge in [0.2, 0.25) is 0 Å². The molecule has 0 saturated heterocycles. The Hall–Kier alpha value is -1.28. The highest BCUT2D eigenvalue weighted by Gasteiger charge is 2.32. The largest absolute Gasteiger partial charge is 0.462 e. The lowest BCUT2D eigenvalue weighted by molar-refractivity contribution is -0.119. The molecule has 0 aliphatic heterocycles. The average Bonchev–Trinajstić information content (AvgIpc) is 2.36. The SMILES string of the molecule is CCOC(=O)c1c(NC(=O)NC(=O)C(Cl)(Cl)Cl)cc(Cl)nc1C. The van der Waals surface area contributed by atoms with Gasteiger partial charge in [-0.1, -0.05) is 46.4 Å². The summed E-state index contributed by atoms with van der Waals surface area (Å²) in [5, 5.41) is 4.09. The predicted octanol–water partition coefficient (Wildman–Crippen LogP) is 3.24. The fraction of sp³-hybridized carbons (Fsp3) is 0.333. The Labute approximate surface area is 151 Å². The number of amides is 3. The van der Waals surface area contributed by atoms with Gasteiger partial charge in [-0.2, -0.15) is 0 Å². The first-order valence-corrected chi connectivity index (χ1v) is 7.60. The Kier molecular flexibility index (Phi) is 6.88. The van der Waals surface area contributed by atoms with E-state index in [1.54, 1.807) is 12.2 Å². The van der Waals surface area contributed by atoms with Gasteiger partial charge in [-0.05, 0) is 13.8 Å². The highest BCUT2D eigenvalue weighted by atomic mass is 35.6. The van der Waals surface area contributed by atoms with Gasteiger partial charge >= 0.3 is 12.0 Å². The third-order valence-corrected chi connectivity index (χ3v) is 3.09. The molecule has 0 fully saturated rings. The number of esters is 1. The van der Waals surface area contributed by atoms with Crippen molar-refractivity contribution in [3.8, 4) is 0 Å². The number of ether oxygens (including phenoxy) is 1. The Morgan fingerprint density at radius 2 is 1.91 bits per heavy atom. The van der Waals surface area contributed by atoms with Crippen LogP contribution in [0.2, 0.25) is 5.15 Å². The second-order valence-electron chi connectivity index (χ2n) is 4.08. The molecule has 11 heteroatoms. The van der Waals surface area contributed by atoms with E-state index in [1.165, 1.54) is 13.0 Å². The number of hydrogen-bond acceptors (Lipinski definition) is 5. The summed E-state index contributed by atoms with van der Waals surface area (Å²) in [5.41, 5.74) is 0.224. The van der Waals surface area contributed by atoms with E-state index in [1.807, 2.05) is 0 Å². The number of rotatable bonds is 3. The van der Waals surface area contributed by atoms with E-state index < -0.39 is 21.7 Å². The standard InChI is InChI=1S/C12H11Cl4N3O4/c1-3-23-9(20)8-5(2)17-7(13)4-6(8)18-11(22)19-10(21)12(14,15)16/h4H,3H2,1-2H3,(H2,17,18,19,21,22). The number of nitrogens with zero attached hydrogens (tertiary/aromatic N) is 1. The zero-order chi connectivity index (χ0) is 17.8. The van der Waals surface area contributed by atoms with Crippen molar-refractivity contribution in [2.75, 3.05) is 11.9 Å². The first-order valence-electron chi connectivity index (χ1n) is 6.09. The molecule has 23 heavy (non-hydrogen) atoms. The maximum Gasteiger partial charge on any atom is 0.342 e. The van der Waals surface area contributed by atoms with E-state index >= 15 is 0 Å². The first-order chi connectivity index (χ1) is 10.6. The lowest BCUT2D eigenvalue weighted by atomic mass is 10.1. The van der Waals surface area contributed by atoms with E-state index in [-0.39, 0.29) is 28.7 Å². The fourth-order valence-corrected chi connectivity index (χ4v) is 1.90. The van der Waals surface area contributed by atoms with E-state index in [2.05, 4.69) is 10.3 Å². The molecule has 0 aromatic carbocycles. The maximum atomic E-state index is 12.0. The van der Waals surface area contributed by atoms with Crippen LogP contribution in [0.4, 0.5) is 10.5 Å². The van der Waals surface area contributed by atoms with E-state index in [0.717, 1.165) is 0 Å². The summed E-state index contributed by atoms with van der Waals surface area (Å²) in [4.78, 5) is 39.1. The third-order valence-electron chi connectivity index (χ3n) is 2.38. The van der Waals surface area contributed by atoms with Gasteiger partial charge < -0.3 is 10.1 Å². The molecule has 126 valence electrons. The Morgan fingerprint density at radius 1 is 1.30 bits per heavy atom. The molecule has 1 aromatic heterocycles. The molecule has 1 aromatic rings. The lowest BCUT2D eigenvalue weighted by Crippen LogP contribution is -2.41. The van der Waals surface area contributed by atoms with Crippen LogP contribution in [0.1, 0.15) is 23.0 Å². The third kappa shape index (κ3) is 5.69. The number of alkyl halides is 3. The van der Waals surface area contributed by atoms with Crippen LogP contribution in [0.15, 0.2) is 6.07 Å². The topological polar surface area (TPSA) is 97.4 Å². The van der Waals surface area contributed by atoms with Crippen molar-refractivity contribution < 1.29 is 19.1 Å². The van der Waals surface area contributed by atoms with Gasteiger partial charge in [0.25, 0.3) is 9.70 Å². The van der Waals surface area contributed by atoms with Crippen LogP contribution in [0.25, 0.3) is 0 Å². The second-order valence-corrected chi connectivity index (χ2v) is 6.75. The van der Waals surface area contributed by atoms with Crippen LogP contribution in [0.3, 0.4) is 0 Å². The molecule has 1 rings (SSSR count). The molecule has 2 N–H and O–H groups in total. The van der Waals surface area contributed by atoms with Crippen molar-refractivity contribution >= 4 is 70.0 Å². The summed E-state index contributed by atoms with van der Waals surface area (Å²) >= 11 is 21.8. The van der Waals surface area contributed by atoms with Crippen LogP contribution >= 0.6 is 46.4 Å². The maximum absolute atomic E-state index is 12.0. The summed E-state index contributed by atoms with van der Waals surface area (Å²) in [7, 11) is 0. The number of aromatic nitrogens is 1. The van der Waals surface area contributed by atoms with Crippen LogP contribution in [0.5, 0.6) is 0 Å². The summed E-state index contributed by atoms with van der Waals surface area (Å²) in [6.07, 6.45) is 0. The van der Waals surface area contributed by atoms with E-state index in [0.29, 0.717) is 0 Å². The van der Waals surface area contributed by atoms with Crippen molar-refractivity contribution in [3.63, 3.8) is 0 Å². The van der Waals surface area contributed by atoms with Gasteiger partial charge in [-0.3, -0.25) is 10.1 Å². The number of hydrogen-bond donors (Lipinski definition) is 2. The number of urea groups is 1. The molecule has 0 bridgehead atoms. The first kappa shape index (κ1) is 19.8. The van der Waals surface area contributed by atoms with Crippen molar-refractivity contribution in [2.45, 2.75) is 17.6 Å². The van der Waals surface area contributed by atoms with Crippen LogP contribution < -0.4 is 10.6 Å². The molecule has 0 aliphatic carbocycles. The summed E-state index contributed by atoms with van der Waals surface area (Å²) in [5.74, 6) is -1.87. The van der Waals surface area contributed by atoms with Crippen LogP contribution in [-0.4, -0.2) is 33.3 Å². The van der Waals surface area contributed by atoms with Crippen molar-refractivity contribution in [1.82, 2.24) is 10.3 Å². The normalized spacial score (nSPS) is 10.9. The second kappa shape index (κ2) is 8.01. The van der Waals surface area contributed by atoms with Gasteiger partial charge in [-0.15, -0.1) is 0 Å². The zero-order valence-corrected chi connectivity index (χ0v) is 14.9. The number of carbonyl (C=O) groups excluding carboxylic acids is 3. The molecule has 0 unspecified atom stereocenters. The van der Waals surface area contributed by atoms with E-state index in [9.17, 15) is 14.4 Å². The number of carbonyl (C=O) groups is 3. The molecule has 0 aliphatic rings. The number of pyridine rings is 1. The minimum absolute atomic E-state index is 0.00410. The highest BCUT2D eigenvalue weighted by molar-refractivity contribution is 6.76. The number of halogens is 4. The molecule has 0 spiro atoms. The summed E-state index contributed by atoms with van der Waals surface area (Å²) < 4.78 is 2.57. The number of anilines is 1. The van der Waals surface area contributed by atoms with Crippen molar-refractivity contribution in [1.29, 1.82) is 0 Å². The molecule has 0 radical (unpaired) electrons. The van der Waals surface area contributed by atoms with E-state index in [4.69, 9.17) is 51.1 Å². The number of aryl methyl sites for hydroxylation is 1. The van der Waals surface area contributed by atoms with Gasteiger partial charge in [-0.25, -0.2) is 14.6 Å². The molecule has 0 atom stereocenters. The van der Waals surface area contributed by atoms with Gasteiger partial charge in [0.1, 0.15) is 10.7 Å². The summed E-state index contributed by atoms with van der Waals surface area (Å²) in [6.45, 7) is 3.25. The molecule has 3 amide bonds.